The zero-order valence-corrected chi connectivity index (χ0v) is 10.6. The molecule has 5 nitrogen and oxygen atoms in total. The number of carbonyl (C=O) groups excluding carboxylic acids is 1. The number of fused-ring (bicyclic) bond motifs is 1. The van der Waals surface area contributed by atoms with Gasteiger partial charge in [-0.3, -0.25) is 4.79 Å². The molecule has 0 saturated carbocycles. The smallest absolute Gasteiger partial charge is 0.231 e. The van der Waals surface area contributed by atoms with Crippen molar-refractivity contribution in [2.24, 2.45) is 0 Å². The number of aromatic nitrogens is 2. The van der Waals surface area contributed by atoms with Crippen LogP contribution in [0.2, 0.25) is 0 Å². The second-order valence-electron chi connectivity index (χ2n) is 4.32. The van der Waals surface area contributed by atoms with Crippen LogP contribution in [-0.2, 0) is 13.0 Å². The summed E-state index contributed by atoms with van der Waals surface area (Å²) in [4.78, 5) is 16.4. The molecule has 0 fully saturated rings. The predicted molar refractivity (Wildman–Crippen MR) is 68.5 cm³/mol. The van der Waals surface area contributed by atoms with Gasteiger partial charge in [-0.15, -0.1) is 0 Å². The lowest BCUT2D eigenvalue weighted by Gasteiger charge is -2.06. The van der Waals surface area contributed by atoms with E-state index in [9.17, 15) is 4.79 Å². The summed E-state index contributed by atoms with van der Waals surface area (Å²) >= 11 is 0. The number of ketones is 1. The third-order valence-corrected chi connectivity index (χ3v) is 3.13. The topological polar surface area (TPSA) is 53.4 Å². The molecular weight excluding hydrogens is 244 g/mol. The van der Waals surface area contributed by atoms with Gasteiger partial charge in [0.1, 0.15) is 5.82 Å². The number of hydrogen-bond acceptors (Lipinski definition) is 4. The van der Waals surface area contributed by atoms with Gasteiger partial charge in [0.05, 0.1) is 6.54 Å². The summed E-state index contributed by atoms with van der Waals surface area (Å²) in [5.74, 6) is 2.26. The molecule has 3 rings (SSSR count). The Bertz CT molecular complexity index is 619. The van der Waals surface area contributed by atoms with Crippen molar-refractivity contribution in [1.29, 1.82) is 0 Å². The Kier molecular flexibility index (Phi) is 2.95. The summed E-state index contributed by atoms with van der Waals surface area (Å²) in [5, 5.41) is 0. The van der Waals surface area contributed by atoms with E-state index in [1.165, 1.54) is 0 Å². The van der Waals surface area contributed by atoms with Crippen LogP contribution >= 0.6 is 0 Å². The largest absolute Gasteiger partial charge is 0.454 e. The first-order valence-electron chi connectivity index (χ1n) is 6.21. The molecule has 0 radical (unpaired) electrons. The van der Waals surface area contributed by atoms with Crippen LogP contribution < -0.4 is 9.47 Å². The molecule has 1 aromatic heterocycles. The van der Waals surface area contributed by atoms with Crippen LogP contribution in [0.1, 0.15) is 23.1 Å². The van der Waals surface area contributed by atoms with E-state index in [4.69, 9.17) is 9.47 Å². The van der Waals surface area contributed by atoms with Crippen LogP contribution in [0.15, 0.2) is 30.6 Å². The lowest BCUT2D eigenvalue weighted by molar-refractivity contribution is 0.0970. The molecule has 0 saturated heterocycles. The van der Waals surface area contributed by atoms with E-state index < -0.39 is 0 Å². The Balaban J connectivity index is 1.81. The highest BCUT2D eigenvalue weighted by molar-refractivity contribution is 5.96. The Morgan fingerprint density at radius 2 is 2.21 bits per heavy atom. The number of hydrogen-bond donors (Lipinski definition) is 0. The molecule has 1 aliphatic rings. The third kappa shape index (κ3) is 2.19. The van der Waals surface area contributed by atoms with Crippen molar-refractivity contribution in [3.63, 3.8) is 0 Å². The van der Waals surface area contributed by atoms with E-state index >= 15 is 0 Å². The van der Waals surface area contributed by atoms with Crippen molar-refractivity contribution in [3.05, 3.63) is 42.0 Å². The molecule has 0 N–H and O–H groups in total. The summed E-state index contributed by atoms with van der Waals surface area (Å²) in [5.41, 5.74) is 0.625. The van der Waals surface area contributed by atoms with Gasteiger partial charge < -0.3 is 14.0 Å². The van der Waals surface area contributed by atoms with Crippen LogP contribution in [0.25, 0.3) is 0 Å². The van der Waals surface area contributed by atoms with Gasteiger partial charge in [-0.1, -0.05) is 6.92 Å². The number of ether oxygens (including phenoxy) is 2. The van der Waals surface area contributed by atoms with Crippen molar-refractivity contribution in [2.45, 2.75) is 19.9 Å². The van der Waals surface area contributed by atoms with Crippen molar-refractivity contribution in [2.75, 3.05) is 6.79 Å². The Labute approximate surface area is 110 Å². The van der Waals surface area contributed by atoms with Crippen molar-refractivity contribution in [3.8, 4) is 11.5 Å². The summed E-state index contributed by atoms with van der Waals surface area (Å²) < 4.78 is 12.4. The molecule has 0 unspecified atom stereocenters. The fourth-order valence-electron chi connectivity index (χ4n) is 2.11. The van der Waals surface area contributed by atoms with Crippen LogP contribution in [0.5, 0.6) is 11.5 Å². The van der Waals surface area contributed by atoms with Crippen LogP contribution in [-0.4, -0.2) is 22.1 Å². The second kappa shape index (κ2) is 4.76. The number of aryl methyl sites for hydroxylation is 1. The normalized spacial score (nSPS) is 12.7. The molecule has 19 heavy (non-hydrogen) atoms. The minimum atomic E-state index is 0.0333. The van der Waals surface area contributed by atoms with Crippen LogP contribution in [0.4, 0.5) is 0 Å². The maximum atomic E-state index is 12.2. The molecule has 0 aliphatic carbocycles. The highest BCUT2D eigenvalue weighted by Crippen LogP contribution is 2.32. The Morgan fingerprint density at radius 3 is 3.05 bits per heavy atom. The second-order valence-corrected chi connectivity index (χ2v) is 4.32. The lowest BCUT2D eigenvalue weighted by atomic mass is 10.1. The number of Topliss-reactive ketones (excluding diaryl/α,β-unsaturated/α-hetero) is 1. The average Bonchev–Trinajstić information content (AvgIpc) is 3.05. The van der Waals surface area contributed by atoms with Gasteiger partial charge in [-0.25, -0.2) is 4.98 Å². The summed E-state index contributed by atoms with van der Waals surface area (Å²) in [6.07, 6.45) is 4.34. The number of imidazole rings is 1. The first-order valence-corrected chi connectivity index (χ1v) is 6.21. The number of rotatable bonds is 4. The summed E-state index contributed by atoms with van der Waals surface area (Å²) in [6.45, 7) is 2.53. The standard InChI is InChI=1S/C14H14N2O3/c1-2-14-15-5-6-16(14)8-11(17)10-3-4-12-13(7-10)19-9-18-12/h3-7H,2,8-9H2,1H3. The monoisotopic (exact) mass is 258 g/mol. The zero-order valence-electron chi connectivity index (χ0n) is 10.6. The molecule has 0 atom stereocenters. The minimum absolute atomic E-state index is 0.0333. The third-order valence-electron chi connectivity index (χ3n) is 3.13. The molecule has 1 aromatic carbocycles. The van der Waals surface area contributed by atoms with Gasteiger partial charge in [0.2, 0.25) is 6.79 Å². The zero-order chi connectivity index (χ0) is 13.2. The number of benzene rings is 1. The summed E-state index contributed by atoms with van der Waals surface area (Å²) in [7, 11) is 0. The molecule has 5 heteroatoms. The molecule has 98 valence electrons. The fraction of sp³-hybridized carbons (Fsp3) is 0.286. The lowest BCUT2D eigenvalue weighted by Crippen LogP contribution is -2.12. The fourth-order valence-corrected chi connectivity index (χ4v) is 2.11. The van der Waals surface area contributed by atoms with E-state index in [0.717, 1.165) is 12.2 Å². The van der Waals surface area contributed by atoms with E-state index in [2.05, 4.69) is 4.98 Å². The Hall–Kier alpha value is -2.30. The van der Waals surface area contributed by atoms with E-state index in [0.29, 0.717) is 23.6 Å². The predicted octanol–water partition coefficient (Wildman–Crippen LogP) is 2.06. The SMILES string of the molecule is CCc1nccn1CC(=O)c1ccc2c(c1)OCO2. The molecule has 2 aromatic rings. The summed E-state index contributed by atoms with van der Waals surface area (Å²) in [6, 6.07) is 5.26. The first-order chi connectivity index (χ1) is 9.28. The van der Waals surface area contributed by atoms with E-state index in [1.807, 2.05) is 17.7 Å². The number of nitrogens with zero attached hydrogens (tertiary/aromatic N) is 2. The molecule has 2 heterocycles. The van der Waals surface area contributed by atoms with Crippen molar-refractivity contribution < 1.29 is 14.3 Å². The van der Waals surface area contributed by atoms with Crippen molar-refractivity contribution >= 4 is 5.78 Å². The van der Waals surface area contributed by atoms with Crippen LogP contribution in [0, 0.1) is 0 Å². The Morgan fingerprint density at radius 1 is 1.37 bits per heavy atom. The highest BCUT2D eigenvalue weighted by Gasteiger charge is 2.16. The molecule has 0 amide bonds. The molecule has 1 aliphatic heterocycles. The van der Waals surface area contributed by atoms with Gasteiger partial charge in [0.15, 0.2) is 17.3 Å². The molecule has 0 spiro atoms. The van der Waals surface area contributed by atoms with Gasteiger partial charge in [-0.05, 0) is 18.2 Å². The minimum Gasteiger partial charge on any atom is -0.454 e. The molecule has 0 bridgehead atoms. The highest BCUT2D eigenvalue weighted by atomic mass is 16.7. The van der Waals surface area contributed by atoms with E-state index in [1.54, 1.807) is 24.4 Å². The van der Waals surface area contributed by atoms with E-state index in [-0.39, 0.29) is 12.6 Å². The number of carbonyl (C=O) groups is 1. The van der Waals surface area contributed by atoms with Crippen molar-refractivity contribution in [1.82, 2.24) is 9.55 Å². The van der Waals surface area contributed by atoms with Gasteiger partial charge in [0.25, 0.3) is 0 Å². The van der Waals surface area contributed by atoms with Gasteiger partial charge >= 0.3 is 0 Å². The quantitative estimate of drug-likeness (QED) is 0.788. The van der Waals surface area contributed by atoms with Crippen LogP contribution in [0.3, 0.4) is 0 Å². The molecular formula is C14H14N2O3. The van der Waals surface area contributed by atoms with Gasteiger partial charge in [-0.2, -0.15) is 0 Å². The first kappa shape index (κ1) is 11.8. The maximum Gasteiger partial charge on any atom is 0.231 e. The average molecular weight is 258 g/mol. The maximum absolute atomic E-state index is 12.2. The van der Waals surface area contributed by atoms with Gasteiger partial charge in [0, 0.05) is 24.4 Å².